The fraction of sp³-hybridized carbons (Fsp3) is 0.200. The van der Waals surface area contributed by atoms with E-state index in [2.05, 4.69) is 32.7 Å². The Morgan fingerprint density at radius 3 is 2.43 bits per heavy atom. The molecule has 1 N–H and O–H groups in total. The highest BCUT2D eigenvalue weighted by molar-refractivity contribution is 7.93. The summed E-state index contributed by atoms with van der Waals surface area (Å²) in [7, 11) is -5.65. The van der Waals surface area contributed by atoms with Crippen molar-refractivity contribution in [2.45, 2.75) is 5.51 Å². The number of aromatic nitrogens is 2. The number of hydrogen-bond donors (Lipinski definition) is 1. The van der Waals surface area contributed by atoms with Crippen LogP contribution in [-0.2, 0) is 10.0 Å². The number of azo groups is 1. The summed E-state index contributed by atoms with van der Waals surface area (Å²) in [6.07, 6.45) is 4.41. The van der Waals surface area contributed by atoms with Gasteiger partial charge < -0.3 is 4.90 Å². The minimum Gasteiger partial charge on any atom is -0.364 e. The second-order valence-corrected chi connectivity index (χ2v) is 7.59. The molecule has 0 aliphatic heterocycles. The van der Waals surface area contributed by atoms with Crippen molar-refractivity contribution in [1.82, 2.24) is 9.36 Å². The highest BCUT2D eigenvalue weighted by Gasteiger charge is 2.46. The van der Waals surface area contributed by atoms with Gasteiger partial charge in [-0.2, -0.15) is 26.0 Å². The van der Waals surface area contributed by atoms with E-state index in [1.165, 1.54) is 23.2 Å². The quantitative estimate of drug-likeness (QED) is 0.468. The van der Waals surface area contributed by atoms with Gasteiger partial charge in [0.25, 0.3) is 0 Å². The monoisotopic (exact) mass is 432 g/mol. The Morgan fingerprint density at radius 2 is 1.89 bits per heavy atom. The van der Waals surface area contributed by atoms with E-state index in [1.54, 1.807) is 23.1 Å². The molecule has 2 aromatic rings. The van der Waals surface area contributed by atoms with E-state index in [0.717, 1.165) is 11.5 Å². The molecule has 0 aliphatic carbocycles. The third-order valence-corrected chi connectivity index (χ3v) is 4.83. The van der Waals surface area contributed by atoms with E-state index in [9.17, 15) is 21.6 Å². The van der Waals surface area contributed by atoms with Crippen molar-refractivity contribution in [3.8, 4) is 0 Å². The molecule has 0 saturated carbocycles. The summed E-state index contributed by atoms with van der Waals surface area (Å²) in [4.78, 5) is 5.49. The molecule has 1 aromatic heterocycles. The van der Waals surface area contributed by atoms with E-state index in [1.807, 2.05) is 0 Å². The van der Waals surface area contributed by atoms with Crippen LogP contribution in [0.3, 0.4) is 0 Å². The lowest BCUT2D eigenvalue weighted by atomic mass is 10.2. The zero-order valence-electron chi connectivity index (χ0n) is 14.3. The Labute approximate surface area is 163 Å². The minimum atomic E-state index is -5.65. The third-order valence-electron chi connectivity index (χ3n) is 3.19. The summed E-state index contributed by atoms with van der Waals surface area (Å²) < 4.78 is 66.8. The van der Waals surface area contributed by atoms with Crippen molar-refractivity contribution in [1.29, 1.82) is 0 Å². The lowest BCUT2D eigenvalue weighted by Crippen LogP contribution is -2.30. The first kappa shape index (κ1) is 21.5. The predicted molar refractivity (Wildman–Crippen MR) is 102 cm³/mol. The van der Waals surface area contributed by atoms with E-state index in [4.69, 9.17) is 0 Å². The van der Waals surface area contributed by atoms with Crippen molar-refractivity contribution < 1.29 is 21.6 Å². The van der Waals surface area contributed by atoms with Crippen molar-refractivity contribution in [2.75, 3.05) is 22.7 Å². The smallest absolute Gasteiger partial charge is 0.364 e. The number of nitrogens with zero attached hydrogens (tertiary/aromatic N) is 5. The topological polar surface area (TPSA) is 99.9 Å². The van der Waals surface area contributed by atoms with Crippen LogP contribution in [0.1, 0.15) is 0 Å². The fourth-order valence-corrected chi connectivity index (χ4v) is 2.93. The molecular formula is C15H15F3N6O2S2. The first-order valence-electron chi connectivity index (χ1n) is 7.56. The molecule has 0 saturated heterocycles. The van der Waals surface area contributed by atoms with Gasteiger partial charge in [-0.25, -0.2) is 4.98 Å². The van der Waals surface area contributed by atoms with E-state index in [-0.39, 0.29) is 16.5 Å². The molecule has 0 radical (unpaired) electrons. The highest BCUT2D eigenvalue weighted by Crippen LogP contribution is 2.35. The van der Waals surface area contributed by atoms with Crippen LogP contribution in [0.2, 0.25) is 0 Å². The van der Waals surface area contributed by atoms with E-state index >= 15 is 0 Å². The van der Waals surface area contributed by atoms with Crippen LogP contribution >= 0.6 is 11.5 Å². The molecule has 150 valence electrons. The van der Waals surface area contributed by atoms with Gasteiger partial charge in [-0.05, 0) is 18.2 Å². The second kappa shape index (κ2) is 8.93. The van der Waals surface area contributed by atoms with Crippen LogP contribution in [-0.4, -0.2) is 36.4 Å². The third kappa shape index (κ3) is 5.36. The molecule has 0 spiro atoms. The van der Waals surface area contributed by atoms with Crippen LogP contribution in [0.4, 0.5) is 35.4 Å². The number of rotatable bonds is 9. The standard InChI is InChI=1S/C15H15F3N6O2S2/c1-3-7-24(8-4-2)11-5-6-12(21-22-14-19-10-20-27-14)13(9-11)23-28(25,26)15(16,17)18/h3-6,9-10,23H,1-2,7-8H2. The molecule has 0 unspecified atom stereocenters. The van der Waals surface area contributed by atoms with Crippen molar-refractivity contribution in [2.24, 2.45) is 10.2 Å². The molecule has 0 atom stereocenters. The fourth-order valence-electron chi connectivity index (χ4n) is 2.00. The zero-order chi connectivity index (χ0) is 20.8. The summed E-state index contributed by atoms with van der Waals surface area (Å²) in [6, 6.07) is 4.13. The maximum absolute atomic E-state index is 12.8. The van der Waals surface area contributed by atoms with Crippen molar-refractivity contribution in [3.63, 3.8) is 0 Å². The number of anilines is 2. The Kier molecular flexibility index (Phi) is 6.85. The van der Waals surface area contributed by atoms with E-state index in [0.29, 0.717) is 18.8 Å². The number of nitrogens with one attached hydrogen (secondary N) is 1. The average Bonchev–Trinajstić information content (AvgIpc) is 3.12. The van der Waals surface area contributed by atoms with Gasteiger partial charge in [-0.3, -0.25) is 4.72 Å². The zero-order valence-corrected chi connectivity index (χ0v) is 15.9. The first-order valence-corrected chi connectivity index (χ1v) is 9.82. The maximum Gasteiger partial charge on any atom is 0.516 e. The molecule has 0 amide bonds. The van der Waals surface area contributed by atoms with Crippen LogP contribution in [0.25, 0.3) is 0 Å². The number of alkyl halides is 3. The SMILES string of the molecule is C=CCN(CC=C)c1ccc(N=Nc2ncns2)c(NS(=O)(=O)C(F)(F)F)c1. The molecule has 0 bridgehead atoms. The van der Waals surface area contributed by atoms with Gasteiger partial charge in [0.15, 0.2) is 0 Å². The van der Waals surface area contributed by atoms with Crippen molar-refractivity contribution in [3.05, 3.63) is 49.8 Å². The van der Waals surface area contributed by atoms with Gasteiger partial charge in [0.05, 0.1) is 5.69 Å². The number of benzene rings is 1. The summed E-state index contributed by atoms with van der Waals surface area (Å²) >= 11 is 0.916. The highest BCUT2D eigenvalue weighted by atomic mass is 32.2. The number of halogens is 3. The Morgan fingerprint density at radius 1 is 1.21 bits per heavy atom. The Bertz CT molecular complexity index is 949. The first-order chi connectivity index (χ1) is 13.2. The number of hydrogen-bond acceptors (Lipinski definition) is 8. The van der Waals surface area contributed by atoms with Gasteiger partial charge in [0.2, 0.25) is 5.13 Å². The lowest BCUT2D eigenvalue weighted by molar-refractivity contribution is -0.0429. The molecule has 8 nitrogen and oxygen atoms in total. The van der Waals surface area contributed by atoms with Crippen LogP contribution in [0.5, 0.6) is 0 Å². The van der Waals surface area contributed by atoms with Gasteiger partial charge in [-0.15, -0.1) is 23.4 Å². The Hall–Kier alpha value is -2.80. The van der Waals surface area contributed by atoms with Crippen LogP contribution in [0.15, 0.2) is 60.1 Å². The van der Waals surface area contributed by atoms with Gasteiger partial charge in [0.1, 0.15) is 12.0 Å². The molecule has 0 aliphatic rings. The van der Waals surface area contributed by atoms with Gasteiger partial charge in [-0.1, -0.05) is 12.2 Å². The molecular weight excluding hydrogens is 417 g/mol. The predicted octanol–water partition coefficient (Wildman–Crippen LogP) is 4.39. The van der Waals surface area contributed by atoms with Crippen molar-refractivity contribution >= 4 is 43.7 Å². The molecule has 2 rings (SSSR count). The molecule has 1 heterocycles. The molecule has 0 fully saturated rings. The second-order valence-electron chi connectivity index (χ2n) is 5.16. The molecule has 28 heavy (non-hydrogen) atoms. The minimum absolute atomic E-state index is 0.121. The Balaban J connectivity index is 2.49. The maximum atomic E-state index is 12.8. The van der Waals surface area contributed by atoms with Crippen LogP contribution in [0, 0.1) is 0 Å². The molecule has 13 heteroatoms. The summed E-state index contributed by atoms with van der Waals surface area (Å²) in [5, 5.41) is 7.69. The summed E-state index contributed by atoms with van der Waals surface area (Å²) in [6.45, 7) is 7.96. The average molecular weight is 432 g/mol. The largest absolute Gasteiger partial charge is 0.516 e. The lowest BCUT2D eigenvalue weighted by Gasteiger charge is -2.23. The molecule has 1 aromatic carbocycles. The van der Waals surface area contributed by atoms with Gasteiger partial charge >= 0.3 is 15.5 Å². The van der Waals surface area contributed by atoms with Crippen LogP contribution < -0.4 is 9.62 Å². The van der Waals surface area contributed by atoms with Gasteiger partial charge in [0, 0.05) is 30.3 Å². The summed E-state index contributed by atoms with van der Waals surface area (Å²) in [5.41, 5.74) is -5.56. The number of sulfonamides is 1. The van der Waals surface area contributed by atoms with E-state index < -0.39 is 15.5 Å². The normalized spacial score (nSPS) is 12.1. The summed E-state index contributed by atoms with van der Waals surface area (Å²) in [5.74, 6) is 0.